The van der Waals surface area contributed by atoms with Gasteiger partial charge in [-0.1, -0.05) is 57.5 Å². The zero-order chi connectivity index (χ0) is 18.5. The third-order valence-electron chi connectivity index (χ3n) is 3.66. The molecule has 3 rings (SSSR count). The molecule has 8 heteroatoms. The predicted molar refractivity (Wildman–Crippen MR) is 108 cm³/mol. The Morgan fingerprint density at radius 3 is 2.92 bits per heavy atom. The van der Waals surface area contributed by atoms with Gasteiger partial charge in [-0.15, -0.1) is 10.2 Å². The Labute approximate surface area is 169 Å². The average Bonchev–Trinajstić information content (AvgIpc) is 3.09. The highest BCUT2D eigenvalue weighted by Crippen LogP contribution is 2.23. The third-order valence-corrected chi connectivity index (χ3v) is 5.50. The molecule has 26 heavy (non-hydrogen) atoms. The van der Waals surface area contributed by atoms with Gasteiger partial charge in [-0.2, -0.15) is 0 Å². The van der Waals surface area contributed by atoms with E-state index in [0.717, 1.165) is 21.3 Å². The number of hydrogen-bond donors (Lipinski definition) is 1. The summed E-state index contributed by atoms with van der Waals surface area (Å²) in [5.74, 6) is 0.193. The number of benzene rings is 2. The van der Waals surface area contributed by atoms with E-state index in [0.29, 0.717) is 16.7 Å². The molecule has 0 bridgehead atoms. The van der Waals surface area contributed by atoms with Gasteiger partial charge in [-0.25, -0.2) is 0 Å². The first kappa shape index (κ1) is 18.9. The van der Waals surface area contributed by atoms with Crippen molar-refractivity contribution in [3.8, 4) is 5.69 Å². The summed E-state index contributed by atoms with van der Waals surface area (Å²) in [7, 11) is 0. The first-order valence-corrected chi connectivity index (χ1v) is 9.99. The predicted octanol–water partition coefficient (Wildman–Crippen LogP) is 4.40. The maximum atomic E-state index is 12.1. The molecule has 0 aliphatic rings. The van der Waals surface area contributed by atoms with Gasteiger partial charge in [0.2, 0.25) is 5.91 Å². The Hall–Kier alpha value is -1.83. The Morgan fingerprint density at radius 2 is 2.15 bits per heavy atom. The van der Waals surface area contributed by atoms with E-state index < -0.39 is 0 Å². The highest BCUT2D eigenvalue weighted by molar-refractivity contribution is 9.10. The van der Waals surface area contributed by atoms with Crippen LogP contribution in [0.2, 0.25) is 5.02 Å². The fourth-order valence-corrected chi connectivity index (χ4v) is 3.64. The molecule has 134 valence electrons. The van der Waals surface area contributed by atoms with Crippen LogP contribution in [-0.4, -0.2) is 26.4 Å². The van der Waals surface area contributed by atoms with Crippen LogP contribution >= 0.6 is 39.3 Å². The minimum atomic E-state index is -0.0635. The molecule has 1 aromatic heterocycles. The normalized spacial score (nSPS) is 10.7. The van der Waals surface area contributed by atoms with Crippen LogP contribution in [0.1, 0.15) is 11.1 Å². The van der Waals surface area contributed by atoms with Crippen molar-refractivity contribution in [2.24, 2.45) is 0 Å². The van der Waals surface area contributed by atoms with Gasteiger partial charge in [-0.05, 0) is 42.3 Å². The second-order valence-corrected chi connectivity index (χ2v) is 7.88. The summed E-state index contributed by atoms with van der Waals surface area (Å²) in [5, 5.41) is 12.3. The van der Waals surface area contributed by atoms with Crippen molar-refractivity contribution < 1.29 is 4.79 Å². The van der Waals surface area contributed by atoms with Gasteiger partial charge >= 0.3 is 0 Å². The summed E-state index contributed by atoms with van der Waals surface area (Å²) >= 11 is 10.9. The summed E-state index contributed by atoms with van der Waals surface area (Å²) < 4.78 is 2.81. The molecule has 1 heterocycles. The summed E-state index contributed by atoms with van der Waals surface area (Å²) in [4.78, 5) is 12.1. The van der Waals surface area contributed by atoms with E-state index in [9.17, 15) is 4.79 Å². The molecule has 0 aliphatic heterocycles. The minimum Gasteiger partial charge on any atom is -0.351 e. The second-order valence-electron chi connectivity index (χ2n) is 5.61. The third kappa shape index (κ3) is 4.87. The number of rotatable bonds is 6. The summed E-state index contributed by atoms with van der Waals surface area (Å²) in [6.07, 6.45) is 1.61. The van der Waals surface area contributed by atoms with E-state index in [1.165, 1.54) is 11.8 Å². The van der Waals surface area contributed by atoms with Crippen LogP contribution in [-0.2, 0) is 11.3 Å². The first-order valence-electron chi connectivity index (χ1n) is 7.83. The van der Waals surface area contributed by atoms with Crippen LogP contribution in [0.25, 0.3) is 5.69 Å². The molecule has 2 aromatic carbocycles. The SMILES string of the molecule is Cc1ccc(-n2cnnc2SCC(=O)NCc2cccc(Br)c2)cc1Cl. The number of halogens is 2. The van der Waals surface area contributed by atoms with Crippen LogP contribution in [0, 0.1) is 6.92 Å². The van der Waals surface area contributed by atoms with Crippen molar-refractivity contribution in [2.75, 3.05) is 5.75 Å². The van der Waals surface area contributed by atoms with Crippen LogP contribution in [0.4, 0.5) is 0 Å². The molecule has 0 saturated carbocycles. The number of thioether (sulfide) groups is 1. The van der Waals surface area contributed by atoms with Gasteiger partial charge in [0.15, 0.2) is 5.16 Å². The number of aryl methyl sites for hydroxylation is 1. The number of nitrogens with one attached hydrogen (secondary N) is 1. The number of carbonyl (C=O) groups is 1. The van der Waals surface area contributed by atoms with Gasteiger partial charge in [-0.3, -0.25) is 9.36 Å². The van der Waals surface area contributed by atoms with Gasteiger partial charge in [0.1, 0.15) is 6.33 Å². The van der Waals surface area contributed by atoms with E-state index in [1.807, 2.05) is 54.0 Å². The van der Waals surface area contributed by atoms with Crippen molar-refractivity contribution >= 4 is 45.2 Å². The van der Waals surface area contributed by atoms with Crippen molar-refractivity contribution in [1.82, 2.24) is 20.1 Å². The van der Waals surface area contributed by atoms with Gasteiger partial charge in [0.05, 0.1) is 11.4 Å². The quantitative estimate of drug-likeness (QED) is 0.564. The molecule has 5 nitrogen and oxygen atoms in total. The van der Waals surface area contributed by atoms with Crippen LogP contribution in [0.5, 0.6) is 0 Å². The lowest BCUT2D eigenvalue weighted by Gasteiger charge is -2.08. The lowest BCUT2D eigenvalue weighted by Crippen LogP contribution is -2.24. The van der Waals surface area contributed by atoms with Crippen molar-refractivity contribution in [3.05, 3.63) is 69.4 Å². The summed E-state index contributed by atoms with van der Waals surface area (Å²) in [6, 6.07) is 13.6. The molecule has 0 atom stereocenters. The van der Waals surface area contributed by atoms with Gasteiger partial charge in [0, 0.05) is 16.0 Å². The number of nitrogens with zero attached hydrogens (tertiary/aromatic N) is 3. The highest BCUT2D eigenvalue weighted by atomic mass is 79.9. The molecule has 0 spiro atoms. The zero-order valence-corrected chi connectivity index (χ0v) is 17.1. The topological polar surface area (TPSA) is 59.8 Å². The van der Waals surface area contributed by atoms with Crippen molar-refractivity contribution in [1.29, 1.82) is 0 Å². The molecule has 1 amide bonds. The fraction of sp³-hybridized carbons (Fsp3) is 0.167. The average molecular weight is 452 g/mol. The standard InChI is InChI=1S/C18H16BrClN4OS/c1-12-5-6-15(8-16(12)20)24-11-22-23-18(24)26-10-17(25)21-9-13-3-2-4-14(19)7-13/h2-8,11H,9-10H2,1H3,(H,21,25). The number of carbonyl (C=O) groups excluding carboxylic acids is 1. The molecule has 0 radical (unpaired) electrons. The molecule has 0 aliphatic carbocycles. The Morgan fingerprint density at radius 1 is 1.31 bits per heavy atom. The van der Waals surface area contributed by atoms with Crippen LogP contribution in [0.3, 0.4) is 0 Å². The molecular weight excluding hydrogens is 436 g/mol. The number of amides is 1. The van der Waals surface area contributed by atoms with Gasteiger partial charge < -0.3 is 5.32 Å². The van der Waals surface area contributed by atoms with Gasteiger partial charge in [0.25, 0.3) is 0 Å². The van der Waals surface area contributed by atoms with Crippen molar-refractivity contribution in [3.63, 3.8) is 0 Å². The molecule has 0 unspecified atom stereocenters. The molecule has 1 N–H and O–H groups in total. The Kier molecular flexibility index (Phi) is 6.34. The highest BCUT2D eigenvalue weighted by Gasteiger charge is 2.11. The summed E-state index contributed by atoms with van der Waals surface area (Å²) in [5.41, 5.74) is 2.91. The molecule has 3 aromatic rings. The van der Waals surface area contributed by atoms with Crippen LogP contribution in [0.15, 0.2) is 58.4 Å². The Balaban J connectivity index is 1.59. The van der Waals surface area contributed by atoms with E-state index >= 15 is 0 Å². The van der Waals surface area contributed by atoms with Crippen molar-refractivity contribution in [2.45, 2.75) is 18.6 Å². The maximum absolute atomic E-state index is 12.1. The summed E-state index contributed by atoms with van der Waals surface area (Å²) in [6.45, 7) is 2.43. The Bertz CT molecular complexity index is 931. The van der Waals surface area contributed by atoms with Crippen LogP contribution < -0.4 is 5.32 Å². The lowest BCUT2D eigenvalue weighted by molar-refractivity contribution is -0.118. The fourth-order valence-electron chi connectivity index (χ4n) is 2.26. The number of hydrogen-bond acceptors (Lipinski definition) is 4. The monoisotopic (exact) mass is 450 g/mol. The largest absolute Gasteiger partial charge is 0.351 e. The van der Waals surface area contributed by atoms with E-state index in [-0.39, 0.29) is 11.7 Å². The smallest absolute Gasteiger partial charge is 0.230 e. The van der Waals surface area contributed by atoms with E-state index in [2.05, 4.69) is 31.4 Å². The second kappa shape index (κ2) is 8.70. The van der Waals surface area contributed by atoms with E-state index in [4.69, 9.17) is 11.6 Å². The molecule has 0 saturated heterocycles. The molecular formula is C18H16BrClN4OS. The van der Waals surface area contributed by atoms with E-state index in [1.54, 1.807) is 6.33 Å². The zero-order valence-electron chi connectivity index (χ0n) is 13.9. The number of aromatic nitrogens is 3. The lowest BCUT2D eigenvalue weighted by atomic mass is 10.2. The molecule has 0 fully saturated rings. The maximum Gasteiger partial charge on any atom is 0.230 e. The minimum absolute atomic E-state index is 0.0635. The first-order chi connectivity index (χ1) is 12.5.